The van der Waals surface area contributed by atoms with Crippen LogP contribution < -0.4 is 5.32 Å². The van der Waals surface area contributed by atoms with E-state index < -0.39 is 0 Å². The number of imidazole rings is 1. The average molecular weight is 250 g/mol. The van der Waals surface area contributed by atoms with Crippen molar-refractivity contribution in [1.82, 2.24) is 19.9 Å². The Kier molecular flexibility index (Phi) is 3.23. The van der Waals surface area contributed by atoms with E-state index in [-0.39, 0.29) is 5.91 Å². The lowest BCUT2D eigenvalue weighted by Crippen LogP contribution is -2.19. The number of carbonyl (C=O) groups is 1. The van der Waals surface area contributed by atoms with Gasteiger partial charge in [0.1, 0.15) is 0 Å². The third kappa shape index (κ3) is 2.36. The fraction of sp³-hybridized carbons (Fsp3) is 0.364. The molecule has 17 heavy (non-hydrogen) atoms. The number of H-pyrrole nitrogens is 1. The number of carbonyl (C=O) groups excluding carboxylic acids is 1. The lowest BCUT2D eigenvalue weighted by atomic mass is 10.3. The molecule has 90 valence electrons. The largest absolute Gasteiger partial charge is 0.359 e. The van der Waals surface area contributed by atoms with E-state index in [0.717, 1.165) is 16.7 Å². The minimum absolute atomic E-state index is 0.00615. The average Bonchev–Trinajstić information content (AvgIpc) is 2.61. The zero-order valence-corrected chi connectivity index (χ0v) is 10.6. The van der Waals surface area contributed by atoms with E-state index in [1.54, 1.807) is 13.2 Å². The monoisotopic (exact) mass is 250 g/mol. The van der Waals surface area contributed by atoms with E-state index >= 15 is 0 Å². The first-order valence-electron chi connectivity index (χ1n) is 5.37. The van der Waals surface area contributed by atoms with Crippen LogP contribution in [-0.2, 0) is 11.3 Å². The van der Waals surface area contributed by atoms with Crippen LogP contribution in [0.2, 0.25) is 0 Å². The lowest BCUT2D eigenvalue weighted by Gasteiger charge is -2.03. The Bertz CT molecular complexity index is 613. The number of rotatable bonds is 3. The van der Waals surface area contributed by atoms with Gasteiger partial charge >= 0.3 is 0 Å². The van der Waals surface area contributed by atoms with Crippen LogP contribution in [0, 0.1) is 11.7 Å². The van der Waals surface area contributed by atoms with Gasteiger partial charge in [0.25, 0.3) is 0 Å². The summed E-state index contributed by atoms with van der Waals surface area (Å²) < 4.78 is 2.45. The summed E-state index contributed by atoms with van der Waals surface area (Å²) in [5, 5.41) is 2.59. The fourth-order valence-corrected chi connectivity index (χ4v) is 1.98. The van der Waals surface area contributed by atoms with Crippen LogP contribution >= 0.6 is 12.2 Å². The van der Waals surface area contributed by atoms with Crippen molar-refractivity contribution in [2.45, 2.75) is 19.9 Å². The topological polar surface area (TPSA) is 62.7 Å². The Morgan fingerprint density at radius 1 is 1.65 bits per heavy atom. The summed E-state index contributed by atoms with van der Waals surface area (Å²) in [7, 11) is 1.62. The van der Waals surface area contributed by atoms with Gasteiger partial charge in [0, 0.05) is 26.2 Å². The zero-order valence-electron chi connectivity index (χ0n) is 9.78. The first-order chi connectivity index (χ1) is 8.11. The lowest BCUT2D eigenvalue weighted by molar-refractivity contribution is -0.120. The number of pyridine rings is 1. The van der Waals surface area contributed by atoms with Crippen LogP contribution in [0.15, 0.2) is 12.3 Å². The second-order valence-corrected chi connectivity index (χ2v) is 4.28. The molecule has 0 unspecified atom stereocenters. The Hall–Kier alpha value is -1.69. The Labute approximate surface area is 104 Å². The van der Waals surface area contributed by atoms with Gasteiger partial charge < -0.3 is 14.9 Å². The highest BCUT2D eigenvalue weighted by Crippen LogP contribution is 2.13. The first-order valence-corrected chi connectivity index (χ1v) is 5.78. The maximum atomic E-state index is 11.2. The molecule has 0 atom stereocenters. The minimum Gasteiger partial charge on any atom is -0.359 e. The maximum absolute atomic E-state index is 11.2. The molecule has 2 rings (SSSR count). The van der Waals surface area contributed by atoms with Gasteiger partial charge in [0.15, 0.2) is 10.4 Å². The Balaban J connectivity index is 2.36. The molecule has 0 saturated carbocycles. The maximum Gasteiger partial charge on any atom is 0.221 e. The molecule has 6 heteroatoms. The highest BCUT2D eigenvalue weighted by Gasteiger charge is 2.07. The Morgan fingerprint density at radius 3 is 3.12 bits per heavy atom. The molecule has 0 aliphatic rings. The first kappa shape index (κ1) is 11.8. The summed E-state index contributed by atoms with van der Waals surface area (Å²) in [6.45, 7) is 2.51. The van der Waals surface area contributed by atoms with Crippen molar-refractivity contribution >= 4 is 29.3 Å². The minimum atomic E-state index is -0.00615. The molecule has 0 bridgehead atoms. The number of aromatic amines is 1. The molecule has 0 aliphatic carbocycles. The third-order valence-corrected chi connectivity index (χ3v) is 2.91. The molecule has 0 radical (unpaired) electrons. The highest BCUT2D eigenvalue weighted by atomic mass is 32.1. The highest BCUT2D eigenvalue weighted by molar-refractivity contribution is 7.71. The van der Waals surface area contributed by atoms with E-state index in [1.165, 1.54) is 0 Å². The van der Waals surface area contributed by atoms with Crippen molar-refractivity contribution in [2.75, 3.05) is 7.05 Å². The molecule has 2 heterocycles. The Morgan fingerprint density at radius 2 is 2.41 bits per heavy atom. The van der Waals surface area contributed by atoms with Gasteiger partial charge in [-0.1, -0.05) is 0 Å². The van der Waals surface area contributed by atoms with Gasteiger partial charge in [0.2, 0.25) is 5.91 Å². The van der Waals surface area contributed by atoms with Gasteiger partial charge in [-0.2, -0.15) is 0 Å². The van der Waals surface area contributed by atoms with Crippen molar-refractivity contribution in [3.8, 4) is 0 Å². The number of aromatic nitrogens is 3. The number of hydrogen-bond donors (Lipinski definition) is 2. The predicted molar refractivity (Wildman–Crippen MR) is 68.3 cm³/mol. The number of nitrogens with zero attached hydrogens (tertiary/aromatic N) is 2. The normalized spacial score (nSPS) is 10.7. The third-order valence-electron chi connectivity index (χ3n) is 2.59. The van der Waals surface area contributed by atoms with Crippen LogP contribution in [-0.4, -0.2) is 27.5 Å². The van der Waals surface area contributed by atoms with Crippen LogP contribution in [0.3, 0.4) is 0 Å². The number of hydrogen-bond acceptors (Lipinski definition) is 3. The van der Waals surface area contributed by atoms with Gasteiger partial charge in [-0.3, -0.25) is 4.79 Å². The summed E-state index contributed by atoms with van der Waals surface area (Å²) >= 11 is 5.22. The van der Waals surface area contributed by atoms with Crippen LogP contribution in [0.25, 0.3) is 11.2 Å². The molecule has 2 N–H and O–H groups in total. The number of amides is 1. The molecular formula is C11H14N4OS. The molecule has 0 aromatic carbocycles. The quantitative estimate of drug-likeness (QED) is 0.812. The van der Waals surface area contributed by atoms with Crippen LogP contribution in [0.5, 0.6) is 0 Å². The molecule has 0 fully saturated rings. The number of fused-ring (bicyclic) bond motifs is 1. The van der Waals surface area contributed by atoms with E-state index in [4.69, 9.17) is 12.2 Å². The summed E-state index contributed by atoms with van der Waals surface area (Å²) in [4.78, 5) is 18.7. The van der Waals surface area contributed by atoms with Crippen LogP contribution in [0.4, 0.5) is 0 Å². The van der Waals surface area contributed by atoms with Gasteiger partial charge in [-0.25, -0.2) is 4.98 Å². The zero-order chi connectivity index (χ0) is 12.4. The van der Waals surface area contributed by atoms with Crippen molar-refractivity contribution in [3.63, 3.8) is 0 Å². The van der Waals surface area contributed by atoms with E-state index in [0.29, 0.717) is 17.7 Å². The number of nitrogens with one attached hydrogen (secondary N) is 2. The molecule has 0 spiro atoms. The van der Waals surface area contributed by atoms with E-state index in [2.05, 4.69) is 15.3 Å². The van der Waals surface area contributed by atoms with Crippen molar-refractivity contribution < 1.29 is 4.79 Å². The fourth-order valence-electron chi connectivity index (χ4n) is 1.69. The molecule has 5 nitrogen and oxygen atoms in total. The van der Waals surface area contributed by atoms with Crippen molar-refractivity contribution in [1.29, 1.82) is 0 Å². The molecule has 2 aromatic rings. The van der Waals surface area contributed by atoms with E-state index in [9.17, 15) is 4.79 Å². The van der Waals surface area contributed by atoms with Crippen molar-refractivity contribution in [3.05, 3.63) is 22.6 Å². The second kappa shape index (κ2) is 4.67. The van der Waals surface area contributed by atoms with Gasteiger partial charge in [-0.05, 0) is 30.8 Å². The number of aryl methyl sites for hydroxylation is 2. The molecule has 0 aliphatic heterocycles. The molecule has 1 amide bonds. The summed E-state index contributed by atoms with van der Waals surface area (Å²) in [6.07, 6.45) is 2.19. The second-order valence-electron chi connectivity index (χ2n) is 3.89. The van der Waals surface area contributed by atoms with Gasteiger partial charge in [0.05, 0.1) is 5.52 Å². The van der Waals surface area contributed by atoms with Crippen molar-refractivity contribution in [2.24, 2.45) is 0 Å². The summed E-state index contributed by atoms with van der Waals surface area (Å²) in [5.74, 6) is -0.00615. The SMILES string of the molecule is CNC(=O)CCn1c(=S)[nH]c2cc(C)cnc21. The smallest absolute Gasteiger partial charge is 0.221 e. The van der Waals surface area contributed by atoms with Gasteiger partial charge in [-0.15, -0.1) is 0 Å². The molecular weight excluding hydrogens is 236 g/mol. The summed E-state index contributed by atoms with van der Waals surface area (Å²) in [5.41, 5.74) is 2.78. The summed E-state index contributed by atoms with van der Waals surface area (Å²) in [6, 6.07) is 1.99. The molecule has 2 aromatic heterocycles. The standard InChI is InChI=1S/C11H14N4OS/c1-7-5-8-10(13-6-7)15(11(17)14-8)4-3-9(16)12-2/h5-6H,3-4H2,1-2H3,(H,12,16)(H,14,17). The van der Waals surface area contributed by atoms with Crippen LogP contribution in [0.1, 0.15) is 12.0 Å². The molecule has 0 saturated heterocycles. The van der Waals surface area contributed by atoms with E-state index in [1.807, 2.05) is 17.6 Å². The predicted octanol–water partition coefficient (Wildman–Crippen LogP) is 1.54.